The fraction of sp³-hybridized carbons (Fsp3) is 0. The molecule has 0 atom stereocenters. The van der Waals surface area contributed by atoms with E-state index in [-0.39, 0.29) is 5.56 Å². The van der Waals surface area contributed by atoms with Crippen LogP contribution in [-0.2, 0) is 0 Å². The number of nitriles is 1. The number of H-pyrrole nitrogens is 1. The molecule has 17 heavy (non-hydrogen) atoms. The van der Waals surface area contributed by atoms with Crippen LogP contribution in [0, 0.1) is 11.3 Å². The molecule has 84 valence electrons. The van der Waals surface area contributed by atoms with Gasteiger partial charge >= 0.3 is 0 Å². The minimum Gasteiger partial charge on any atom is -0.305 e. The Balaban J connectivity index is 2.54. The summed E-state index contributed by atoms with van der Waals surface area (Å²) in [5.74, 6) is 0.395. The summed E-state index contributed by atoms with van der Waals surface area (Å²) in [6, 6.07) is 6.93. The fourth-order valence-corrected chi connectivity index (χ4v) is 1.76. The summed E-state index contributed by atoms with van der Waals surface area (Å²) >= 11 is 9.15. The maximum atomic E-state index is 11.4. The van der Waals surface area contributed by atoms with E-state index in [1.54, 1.807) is 24.3 Å². The van der Waals surface area contributed by atoms with E-state index in [0.717, 1.165) is 0 Å². The Morgan fingerprint density at radius 1 is 1.47 bits per heavy atom. The van der Waals surface area contributed by atoms with Gasteiger partial charge in [-0.1, -0.05) is 11.6 Å². The first-order chi connectivity index (χ1) is 8.11. The molecule has 0 aliphatic rings. The summed E-state index contributed by atoms with van der Waals surface area (Å²) < 4.78 is 0.712. The molecule has 0 fully saturated rings. The molecule has 2 aromatic rings. The molecule has 0 aliphatic carbocycles. The molecule has 1 heterocycles. The fourth-order valence-electron chi connectivity index (χ4n) is 1.26. The zero-order valence-corrected chi connectivity index (χ0v) is 10.7. The first-order valence-corrected chi connectivity index (χ1v) is 5.74. The molecule has 2 rings (SSSR count). The first kappa shape index (κ1) is 11.8. The van der Waals surface area contributed by atoms with Gasteiger partial charge < -0.3 is 4.98 Å². The number of aromatic nitrogens is 2. The number of rotatable bonds is 1. The van der Waals surface area contributed by atoms with E-state index in [1.165, 1.54) is 6.20 Å². The van der Waals surface area contributed by atoms with E-state index in [4.69, 9.17) is 16.9 Å². The van der Waals surface area contributed by atoms with E-state index >= 15 is 0 Å². The highest BCUT2D eigenvalue weighted by molar-refractivity contribution is 9.10. The number of benzene rings is 1. The summed E-state index contributed by atoms with van der Waals surface area (Å²) in [7, 11) is 0. The van der Waals surface area contributed by atoms with Crippen molar-refractivity contribution in [2.24, 2.45) is 0 Å². The molecule has 1 N–H and O–H groups in total. The normalized spacial score (nSPS) is 9.94. The second-order valence-electron chi connectivity index (χ2n) is 3.22. The highest BCUT2D eigenvalue weighted by atomic mass is 79.9. The second-order valence-corrected chi connectivity index (χ2v) is 4.48. The van der Waals surface area contributed by atoms with Gasteiger partial charge in [-0.25, -0.2) is 4.98 Å². The standard InChI is InChI=1S/C11H5BrClN3O/c12-8-3-6(1-2-9(8)13)10-15-5-7(4-14)11(17)16-10/h1-3,5H,(H,15,16,17). The first-order valence-electron chi connectivity index (χ1n) is 4.56. The lowest BCUT2D eigenvalue weighted by Gasteiger charge is -2.02. The number of hydrogen-bond donors (Lipinski definition) is 1. The Kier molecular flexibility index (Phi) is 3.27. The summed E-state index contributed by atoms with van der Waals surface area (Å²) in [5.41, 5.74) is 0.244. The Morgan fingerprint density at radius 3 is 2.82 bits per heavy atom. The molecule has 1 aromatic heterocycles. The van der Waals surface area contributed by atoms with E-state index in [0.29, 0.717) is 20.9 Å². The van der Waals surface area contributed by atoms with Crippen LogP contribution in [0.25, 0.3) is 11.4 Å². The number of aromatic amines is 1. The molecular formula is C11H5BrClN3O. The summed E-state index contributed by atoms with van der Waals surface area (Å²) in [6.45, 7) is 0. The van der Waals surface area contributed by atoms with Gasteiger partial charge in [-0.05, 0) is 34.1 Å². The van der Waals surface area contributed by atoms with Crippen molar-refractivity contribution in [1.82, 2.24) is 9.97 Å². The van der Waals surface area contributed by atoms with Gasteiger partial charge in [0.15, 0.2) is 0 Å². The van der Waals surface area contributed by atoms with Crippen molar-refractivity contribution >= 4 is 27.5 Å². The van der Waals surface area contributed by atoms with Crippen LogP contribution < -0.4 is 5.56 Å². The largest absolute Gasteiger partial charge is 0.305 e. The van der Waals surface area contributed by atoms with E-state index in [1.807, 2.05) is 0 Å². The molecule has 6 heteroatoms. The van der Waals surface area contributed by atoms with Crippen LogP contribution in [-0.4, -0.2) is 9.97 Å². The average Bonchev–Trinajstić information content (AvgIpc) is 2.32. The zero-order chi connectivity index (χ0) is 12.4. The number of nitrogens with zero attached hydrogens (tertiary/aromatic N) is 2. The monoisotopic (exact) mass is 309 g/mol. The van der Waals surface area contributed by atoms with Crippen LogP contribution in [0.5, 0.6) is 0 Å². The minimum absolute atomic E-state index is 0.0122. The Labute approximate surface area is 110 Å². The minimum atomic E-state index is -0.455. The smallest absolute Gasteiger partial charge is 0.269 e. The third kappa shape index (κ3) is 2.38. The zero-order valence-electron chi connectivity index (χ0n) is 8.37. The lowest BCUT2D eigenvalue weighted by Crippen LogP contribution is -2.11. The van der Waals surface area contributed by atoms with Gasteiger partial charge in [0.05, 0.1) is 11.2 Å². The summed E-state index contributed by atoms with van der Waals surface area (Å²) in [4.78, 5) is 18.0. The topological polar surface area (TPSA) is 69.5 Å². The van der Waals surface area contributed by atoms with Crippen LogP contribution in [0.4, 0.5) is 0 Å². The van der Waals surface area contributed by atoms with Crippen LogP contribution in [0.3, 0.4) is 0 Å². The highest BCUT2D eigenvalue weighted by Gasteiger charge is 2.06. The third-order valence-corrected chi connectivity index (χ3v) is 3.33. The summed E-state index contributed by atoms with van der Waals surface area (Å²) in [5, 5.41) is 9.20. The lowest BCUT2D eigenvalue weighted by atomic mass is 10.2. The van der Waals surface area contributed by atoms with Gasteiger partial charge in [0.25, 0.3) is 5.56 Å². The molecule has 0 radical (unpaired) electrons. The van der Waals surface area contributed by atoms with Crippen LogP contribution in [0.2, 0.25) is 5.02 Å². The van der Waals surface area contributed by atoms with Gasteiger partial charge in [0.2, 0.25) is 0 Å². The van der Waals surface area contributed by atoms with Crippen molar-refractivity contribution in [3.05, 3.63) is 49.8 Å². The third-order valence-electron chi connectivity index (χ3n) is 2.11. The van der Waals surface area contributed by atoms with Gasteiger partial charge in [-0.3, -0.25) is 4.79 Å². The Bertz CT molecular complexity index is 675. The molecule has 0 bridgehead atoms. The maximum absolute atomic E-state index is 11.4. The van der Waals surface area contributed by atoms with Gasteiger partial charge in [-0.15, -0.1) is 0 Å². The molecule has 0 spiro atoms. The number of nitrogens with one attached hydrogen (secondary N) is 1. The van der Waals surface area contributed by atoms with Crippen molar-refractivity contribution in [1.29, 1.82) is 5.26 Å². The lowest BCUT2D eigenvalue weighted by molar-refractivity contribution is 1.11. The van der Waals surface area contributed by atoms with Crippen molar-refractivity contribution in [2.45, 2.75) is 0 Å². The molecular weight excluding hydrogens is 305 g/mol. The van der Waals surface area contributed by atoms with Crippen molar-refractivity contribution in [2.75, 3.05) is 0 Å². The van der Waals surface area contributed by atoms with Gasteiger partial charge in [0, 0.05) is 10.0 Å². The predicted octanol–water partition coefficient (Wildman–Crippen LogP) is 2.72. The maximum Gasteiger partial charge on any atom is 0.269 e. The summed E-state index contributed by atoms with van der Waals surface area (Å²) in [6.07, 6.45) is 1.25. The Hall–Kier alpha value is -1.64. The Morgan fingerprint density at radius 2 is 2.24 bits per heavy atom. The molecule has 0 saturated carbocycles. The molecule has 0 aliphatic heterocycles. The average molecular weight is 311 g/mol. The highest BCUT2D eigenvalue weighted by Crippen LogP contribution is 2.26. The molecule has 4 nitrogen and oxygen atoms in total. The van der Waals surface area contributed by atoms with Crippen molar-refractivity contribution in [3.63, 3.8) is 0 Å². The van der Waals surface area contributed by atoms with Gasteiger partial charge in [0.1, 0.15) is 17.5 Å². The van der Waals surface area contributed by atoms with Crippen molar-refractivity contribution in [3.8, 4) is 17.5 Å². The predicted molar refractivity (Wildman–Crippen MR) is 67.7 cm³/mol. The molecule has 0 unspecified atom stereocenters. The van der Waals surface area contributed by atoms with E-state index in [9.17, 15) is 4.79 Å². The molecule has 0 saturated heterocycles. The van der Waals surface area contributed by atoms with Crippen LogP contribution >= 0.6 is 27.5 Å². The van der Waals surface area contributed by atoms with Crippen LogP contribution in [0.1, 0.15) is 5.56 Å². The quantitative estimate of drug-likeness (QED) is 0.880. The van der Waals surface area contributed by atoms with E-state index in [2.05, 4.69) is 25.9 Å². The van der Waals surface area contributed by atoms with Crippen molar-refractivity contribution < 1.29 is 0 Å². The number of hydrogen-bond acceptors (Lipinski definition) is 3. The SMILES string of the molecule is N#Cc1cnc(-c2ccc(Cl)c(Br)c2)[nH]c1=O. The van der Waals surface area contributed by atoms with E-state index < -0.39 is 5.56 Å². The second kappa shape index (κ2) is 4.70. The van der Waals surface area contributed by atoms with Crippen LogP contribution in [0.15, 0.2) is 33.7 Å². The molecule has 1 aromatic carbocycles. The number of halogens is 2. The molecule has 0 amide bonds. The van der Waals surface area contributed by atoms with Gasteiger partial charge in [-0.2, -0.15) is 5.26 Å².